The number of fused-ring (bicyclic) bond motifs is 1. The molecular weight excluding hydrogens is 370 g/mol. The number of nitrogens with zero attached hydrogens (tertiary/aromatic N) is 2. The summed E-state index contributed by atoms with van der Waals surface area (Å²) in [6.45, 7) is 7.31. The molecule has 0 bridgehead atoms. The maximum absolute atomic E-state index is 12.5. The Balaban J connectivity index is 1.22. The highest BCUT2D eigenvalue weighted by Gasteiger charge is 2.20. The summed E-state index contributed by atoms with van der Waals surface area (Å²) in [7, 11) is 0. The van der Waals surface area contributed by atoms with Gasteiger partial charge in [0.15, 0.2) is 0 Å². The molecule has 0 saturated carbocycles. The summed E-state index contributed by atoms with van der Waals surface area (Å²) in [6, 6.07) is 17.5. The van der Waals surface area contributed by atoms with E-state index in [1.165, 1.54) is 49.0 Å². The highest BCUT2D eigenvalue weighted by molar-refractivity contribution is 5.94. The molecule has 4 nitrogen and oxygen atoms in total. The molecule has 0 aliphatic carbocycles. The number of hydrogen-bond acceptors (Lipinski definition) is 3. The minimum absolute atomic E-state index is 0.0405. The Morgan fingerprint density at radius 2 is 1.90 bits per heavy atom. The fourth-order valence-corrected chi connectivity index (χ4v) is 4.96. The van der Waals surface area contributed by atoms with E-state index in [9.17, 15) is 4.79 Å². The van der Waals surface area contributed by atoms with Crippen molar-refractivity contribution in [2.75, 3.05) is 31.1 Å². The van der Waals surface area contributed by atoms with E-state index in [0.717, 1.165) is 50.6 Å². The highest BCUT2D eigenvalue weighted by Crippen LogP contribution is 2.28. The molecule has 1 saturated heterocycles. The van der Waals surface area contributed by atoms with Crippen molar-refractivity contribution in [3.05, 3.63) is 65.2 Å². The third kappa shape index (κ3) is 5.04. The van der Waals surface area contributed by atoms with Gasteiger partial charge < -0.3 is 15.1 Å². The predicted molar refractivity (Wildman–Crippen MR) is 124 cm³/mol. The molecule has 160 valence electrons. The number of amides is 1. The number of piperidine rings is 1. The first kappa shape index (κ1) is 20.9. The molecule has 2 aliphatic heterocycles. The van der Waals surface area contributed by atoms with Gasteiger partial charge >= 0.3 is 0 Å². The number of anilines is 1. The summed E-state index contributed by atoms with van der Waals surface area (Å²) in [5.41, 5.74) is 4.78. The quantitative estimate of drug-likeness (QED) is 0.650. The van der Waals surface area contributed by atoms with Crippen LogP contribution in [0.2, 0.25) is 0 Å². The number of carbonyl (C=O) groups excluding carboxylic acids is 1. The Bertz CT molecular complexity index is 832. The third-order valence-electron chi connectivity index (χ3n) is 6.70. The van der Waals surface area contributed by atoms with Crippen LogP contribution in [-0.4, -0.2) is 43.0 Å². The summed E-state index contributed by atoms with van der Waals surface area (Å²) >= 11 is 0. The Hall–Kier alpha value is -2.33. The molecule has 1 N–H and O–H groups in total. The lowest BCUT2D eigenvalue weighted by molar-refractivity contribution is 0.0947. The zero-order valence-corrected chi connectivity index (χ0v) is 18.3. The van der Waals surface area contributed by atoms with E-state index in [1.807, 2.05) is 12.1 Å². The molecule has 0 radical (unpaired) electrons. The van der Waals surface area contributed by atoms with Crippen molar-refractivity contribution in [3.63, 3.8) is 0 Å². The molecule has 30 heavy (non-hydrogen) atoms. The summed E-state index contributed by atoms with van der Waals surface area (Å²) in [5, 5.41) is 3.10. The SMILES string of the molecule is CC[C@H]1CCCCN1CCCNC(=O)c1ccc(CN2CCc3ccccc32)cc1. The molecule has 2 aliphatic rings. The molecule has 1 amide bonds. The van der Waals surface area contributed by atoms with Gasteiger partial charge in [-0.15, -0.1) is 0 Å². The minimum atomic E-state index is 0.0405. The van der Waals surface area contributed by atoms with Gasteiger partial charge in [0.25, 0.3) is 5.91 Å². The highest BCUT2D eigenvalue weighted by atomic mass is 16.1. The second kappa shape index (κ2) is 10.1. The van der Waals surface area contributed by atoms with Gasteiger partial charge in [0.1, 0.15) is 0 Å². The molecule has 0 spiro atoms. The molecule has 2 aromatic carbocycles. The maximum atomic E-state index is 12.5. The van der Waals surface area contributed by atoms with Crippen LogP contribution in [0.3, 0.4) is 0 Å². The molecular formula is C26H35N3O. The molecule has 2 aromatic rings. The van der Waals surface area contributed by atoms with E-state index in [0.29, 0.717) is 0 Å². The normalized spacial score (nSPS) is 19.0. The van der Waals surface area contributed by atoms with Crippen LogP contribution in [0.4, 0.5) is 5.69 Å². The van der Waals surface area contributed by atoms with Crippen molar-refractivity contribution in [2.45, 2.75) is 58.0 Å². The zero-order chi connectivity index (χ0) is 20.8. The van der Waals surface area contributed by atoms with Crippen LogP contribution in [0.25, 0.3) is 0 Å². The molecule has 4 rings (SSSR count). The summed E-state index contributed by atoms with van der Waals surface area (Å²) in [5.74, 6) is 0.0405. The van der Waals surface area contributed by atoms with E-state index >= 15 is 0 Å². The lowest BCUT2D eigenvalue weighted by Gasteiger charge is -2.35. The van der Waals surface area contributed by atoms with Crippen molar-refractivity contribution in [3.8, 4) is 0 Å². The van der Waals surface area contributed by atoms with Crippen LogP contribution in [-0.2, 0) is 13.0 Å². The topological polar surface area (TPSA) is 35.6 Å². The van der Waals surface area contributed by atoms with Crippen LogP contribution in [0.5, 0.6) is 0 Å². The van der Waals surface area contributed by atoms with E-state index in [2.05, 4.69) is 58.4 Å². The monoisotopic (exact) mass is 405 g/mol. The Morgan fingerprint density at radius 3 is 2.73 bits per heavy atom. The van der Waals surface area contributed by atoms with Gasteiger partial charge in [-0.05, 0) is 68.0 Å². The largest absolute Gasteiger partial charge is 0.367 e. The fourth-order valence-electron chi connectivity index (χ4n) is 4.96. The van der Waals surface area contributed by atoms with E-state index in [-0.39, 0.29) is 5.91 Å². The first-order valence-corrected chi connectivity index (χ1v) is 11.7. The Morgan fingerprint density at radius 1 is 1.07 bits per heavy atom. The van der Waals surface area contributed by atoms with Gasteiger partial charge in [-0.2, -0.15) is 0 Å². The minimum Gasteiger partial charge on any atom is -0.367 e. The van der Waals surface area contributed by atoms with Gasteiger partial charge in [-0.25, -0.2) is 0 Å². The lowest BCUT2D eigenvalue weighted by atomic mass is 10.00. The van der Waals surface area contributed by atoms with Crippen molar-refractivity contribution in [2.24, 2.45) is 0 Å². The average molecular weight is 406 g/mol. The van der Waals surface area contributed by atoms with Crippen molar-refractivity contribution in [1.29, 1.82) is 0 Å². The van der Waals surface area contributed by atoms with E-state index in [4.69, 9.17) is 0 Å². The van der Waals surface area contributed by atoms with Gasteiger partial charge in [0.2, 0.25) is 0 Å². The van der Waals surface area contributed by atoms with Gasteiger partial charge in [0.05, 0.1) is 0 Å². The fraction of sp³-hybridized carbons (Fsp3) is 0.500. The van der Waals surface area contributed by atoms with Crippen molar-refractivity contribution in [1.82, 2.24) is 10.2 Å². The van der Waals surface area contributed by atoms with Crippen molar-refractivity contribution < 1.29 is 4.79 Å². The molecule has 1 fully saturated rings. The average Bonchev–Trinajstić information content (AvgIpc) is 3.20. The predicted octanol–water partition coefficient (Wildman–Crippen LogP) is 4.63. The number of likely N-dealkylation sites (tertiary alicyclic amines) is 1. The van der Waals surface area contributed by atoms with Gasteiger partial charge in [-0.1, -0.05) is 43.7 Å². The van der Waals surface area contributed by atoms with Gasteiger partial charge in [0, 0.05) is 43.5 Å². The summed E-state index contributed by atoms with van der Waals surface area (Å²) in [4.78, 5) is 17.5. The Labute approximate surface area is 181 Å². The van der Waals surface area contributed by atoms with Crippen LogP contribution in [0, 0.1) is 0 Å². The van der Waals surface area contributed by atoms with Crippen LogP contribution < -0.4 is 10.2 Å². The second-order valence-corrected chi connectivity index (χ2v) is 8.70. The second-order valence-electron chi connectivity index (χ2n) is 8.70. The third-order valence-corrected chi connectivity index (χ3v) is 6.70. The number of rotatable bonds is 8. The van der Waals surface area contributed by atoms with Crippen LogP contribution >= 0.6 is 0 Å². The van der Waals surface area contributed by atoms with Crippen molar-refractivity contribution >= 4 is 11.6 Å². The number of carbonyl (C=O) groups is 1. The van der Waals surface area contributed by atoms with E-state index < -0.39 is 0 Å². The summed E-state index contributed by atoms with van der Waals surface area (Å²) < 4.78 is 0. The molecule has 0 unspecified atom stereocenters. The Kier molecular flexibility index (Phi) is 7.06. The lowest BCUT2D eigenvalue weighted by Crippen LogP contribution is -2.40. The first-order valence-electron chi connectivity index (χ1n) is 11.7. The van der Waals surface area contributed by atoms with Crippen LogP contribution in [0.15, 0.2) is 48.5 Å². The van der Waals surface area contributed by atoms with Gasteiger partial charge in [-0.3, -0.25) is 4.79 Å². The molecule has 2 heterocycles. The summed E-state index contributed by atoms with van der Waals surface area (Å²) in [6.07, 6.45) is 7.39. The number of benzene rings is 2. The standard InChI is InChI=1S/C26H35N3O/c1-2-24-9-5-6-17-28(24)18-7-16-27-26(30)23-13-11-21(12-14-23)20-29-19-15-22-8-3-4-10-25(22)29/h3-4,8,10-14,24H,2,5-7,9,15-20H2,1H3,(H,27,30)/t24-/m0/s1. The molecule has 4 heteroatoms. The van der Waals surface area contributed by atoms with E-state index in [1.54, 1.807) is 0 Å². The van der Waals surface area contributed by atoms with Crippen LogP contribution in [0.1, 0.15) is 60.5 Å². The number of hydrogen-bond donors (Lipinski definition) is 1. The number of para-hydroxylation sites is 1. The zero-order valence-electron chi connectivity index (χ0n) is 18.3. The smallest absolute Gasteiger partial charge is 0.251 e. The maximum Gasteiger partial charge on any atom is 0.251 e. The first-order chi connectivity index (χ1) is 14.7. The molecule has 1 atom stereocenters. The molecule has 0 aromatic heterocycles. The number of nitrogens with one attached hydrogen (secondary N) is 1.